The summed E-state index contributed by atoms with van der Waals surface area (Å²) in [5.41, 5.74) is 2.54. The average molecular weight is 328 g/mol. The van der Waals surface area contributed by atoms with Gasteiger partial charge in [0.05, 0.1) is 12.9 Å². The van der Waals surface area contributed by atoms with Crippen molar-refractivity contribution < 1.29 is 24.5 Å². The minimum absolute atomic E-state index is 0.241. The van der Waals surface area contributed by atoms with Crippen molar-refractivity contribution in [3.05, 3.63) is 48.5 Å². The van der Waals surface area contributed by atoms with Crippen molar-refractivity contribution in [2.24, 2.45) is 0 Å². The number of fused-ring (bicyclic) bond motifs is 1. The van der Waals surface area contributed by atoms with Gasteiger partial charge in [-0.2, -0.15) is 0 Å². The molecule has 1 fully saturated rings. The summed E-state index contributed by atoms with van der Waals surface area (Å²) in [6, 6.07) is 11.2. The van der Waals surface area contributed by atoms with Gasteiger partial charge in [-0.15, -0.1) is 0 Å². The Hall–Kier alpha value is -2.32. The van der Waals surface area contributed by atoms with E-state index in [0.717, 1.165) is 5.56 Å². The molecule has 7 nitrogen and oxygen atoms in total. The highest BCUT2D eigenvalue weighted by Gasteiger charge is 2.44. The lowest BCUT2D eigenvalue weighted by atomic mass is 10.1. The maximum Gasteiger partial charge on any atom is 0.178 e. The monoisotopic (exact) mass is 328 g/mol. The predicted molar refractivity (Wildman–Crippen MR) is 84.0 cm³/mol. The second-order valence-electron chi connectivity index (χ2n) is 5.69. The first kappa shape index (κ1) is 15.2. The average Bonchev–Trinajstić information content (AvgIpc) is 3.20. The van der Waals surface area contributed by atoms with E-state index in [4.69, 9.17) is 9.15 Å². The van der Waals surface area contributed by atoms with Crippen LogP contribution in [0.1, 0.15) is 11.9 Å². The van der Waals surface area contributed by atoms with Gasteiger partial charge in [0.2, 0.25) is 0 Å². The van der Waals surface area contributed by atoms with E-state index in [0.29, 0.717) is 16.8 Å². The molecule has 4 atom stereocenters. The van der Waals surface area contributed by atoms with Gasteiger partial charge in [0.15, 0.2) is 11.4 Å². The van der Waals surface area contributed by atoms with Gasteiger partial charge in [0.25, 0.3) is 0 Å². The number of nitrogens with zero attached hydrogens (tertiary/aromatic N) is 2. The highest BCUT2D eigenvalue weighted by Crippen LogP contribution is 2.35. The summed E-state index contributed by atoms with van der Waals surface area (Å²) >= 11 is 0. The molecule has 0 aliphatic carbocycles. The Labute approximate surface area is 137 Å². The number of aliphatic hydroxyl groups is 3. The third-order valence-corrected chi connectivity index (χ3v) is 4.16. The van der Waals surface area contributed by atoms with Gasteiger partial charge in [0, 0.05) is 11.6 Å². The van der Waals surface area contributed by atoms with E-state index in [-0.39, 0.29) is 5.82 Å². The number of aliphatic hydroxyl groups excluding tert-OH is 3. The van der Waals surface area contributed by atoms with Crippen molar-refractivity contribution in [2.75, 3.05) is 6.61 Å². The fourth-order valence-electron chi connectivity index (χ4n) is 2.91. The minimum atomic E-state index is -1.21. The van der Waals surface area contributed by atoms with E-state index < -0.39 is 31.0 Å². The Morgan fingerprint density at radius 3 is 2.50 bits per heavy atom. The number of hydrogen-bond acceptors (Lipinski definition) is 7. The third-order valence-electron chi connectivity index (χ3n) is 4.16. The predicted octanol–water partition coefficient (Wildman–Crippen LogP) is 1.04. The molecular formula is C17H16N2O5. The first-order valence-corrected chi connectivity index (χ1v) is 7.62. The number of hydrogen-bond donors (Lipinski definition) is 3. The molecule has 3 aromatic rings. The second-order valence-corrected chi connectivity index (χ2v) is 5.69. The Morgan fingerprint density at radius 1 is 1.00 bits per heavy atom. The zero-order valence-corrected chi connectivity index (χ0v) is 12.6. The molecule has 124 valence electrons. The SMILES string of the molecule is OC[C@H]1OC(c2nc(-c3ccccc3)c3occc3n2)[C@H](O)[C@@H]1O. The van der Waals surface area contributed by atoms with E-state index in [2.05, 4.69) is 9.97 Å². The van der Waals surface area contributed by atoms with E-state index in [9.17, 15) is 15.3 Å². The van der Waals surface area contributed by atoms with Crippen LogP contribution in [0.5, 0.6) is 0 Å². The first-order chi connectivity index (χ1) is 11.7. The quantitative estimate of drug-likeness (QED) is 0.659. The molecule has 3 N–H and O–H groups in total. The van der Waals surface area contributed by atoms with E-state index >= 15 is 0 Å². The van der Waals surface area contributed by atoms with Crippen LogP contribution in [0, 0.1) is 0 Å². The summed E-state index contributed by atoms with van der Waals surface area (Å²) in [5.74, 6) is 0.241. The Morgan fingerprint density at radius 2 is 1.79 bits per heavy atom. The number of furan rings is 1. The highest BCUT2D eigenvalue weighted by atomic mass is 16.6. The molecule has 4 rings (SSSR count). The summed E-state index contributed by atoms with van der Waals surface area (Å²) < 4.78 is 11.0. The van der Waals surface area contributed by atoms with Gasteiger partial charge in [-0.05, 0) is 0 Å². The summed E-state index contributed by atoms with van der Waals surface area (Å²) in [6.07, 6.45) is -2.67. The number of ether oxygens (including phenoxy) is 1. The topological polar surface area (TPSA) is 109 Å². The molecule has 1 saturated heterocycles. The van der Waals surface area contributed by atoms with E-state index in [1.165, 1.54) is 6.26 Å². The molecule has 3 heterocycles. The van der Waals surface area contributed by atoms with Crippen LogP contribution >= 0.6 is 0 Å². The molecule has 7 heteroatoms. The van der Waals surface area contributed by atoms with Crippen LogP contribution < -0.4 is 0 Å². The van der Waals surface area contributed by atoms with Crippen molar-refractivity contribution in [1.29, 1.82) is 0 Å². The largest absolute Gasteiger partial charge is 0.460 e. The fraction of sp³-hybridized carbons (Fsp3) is 0.294. The van der Waals surface area contributed by atoms with Crippen molar-refractivity contribution in [3.8, 4) is 11.3 Å². The molecule has 2 aromatic heterocycles. The van der Waals surface area contributed by atoms with E-state index in [1.807, 2.05) is 30.3 Å². The number of rotatable bonds is 3. The van der Waals surface area contributed by atoms with Gasteiger partial charge in [-0.3, -0.25) is 0 Å². The van der Waals surface area contributed by atoms with Crippen LogP contribution in [0.2, 0.25) is 0 Å². The van der Waals surface area contributed by atoms with Gasteiger partial charge < -0.3 is 24.5 Å². The summed E-state index contributed by atoms with van der Waals surface area (Å²) in [5, 5.41) is 29.4. The zero-order valence-electron chi connectivity index (χ0n) is 12.6. The van der Waals surface area contributed by atoms with Gasteiger partial charge in [-0.25, -0.2) is 9.97 Å². The van der Waals surface area contributed by atoms with Crippen LogP contribution in [0.15, 0.2) is 47.1 Å². The fourth-order valence-corrected chi connectivity index (χ4v) is 2.91. The van der Waals surface area contributed by atoms with E-state index in [1.54, 1.807) is 6.07 Å². The highest BCUT2D eigenvalue weighted by molar-refractivity contribution is 5.87. The van der Waals surface area contributed by atoms with Crippen LogP contribution in [0.25, 0.3) is 22.4 Å². The number of benzene rings is 1. The molecule has 0 saturated carbocycles. The van der Waals surface area contributed by atoms with Crippen molar-refractivity contribution in [1.82, 2.24) is 9.97 Å². The van der Waals surface area contributed by atoms with Crippen molar-refractivity contribution in [3.63, 3.8) is 0 Å². The standard InChI is InChI=1S/C17H16N2O5/c20-8-11-13(21)14(22)16(24-11)17-18-10-6-7-23-15(10)12(19-17)9-4-2-1-3-5-9/h1-7,11,13-14,16,20-22H,8H2/t11-,13-,14-,16?/m1/s1. The lowest BCUT2D eigenvalue weighted by molar-refractivity contribution is -0.0251. The molecule has 1 aromatic carbocycles. The van der Waals surface area contributed by atoms with Crippen LogP contribution in [-0.2, 0) is 4.74 Å². The zero-order chi connectivity index (χ0) is 16.7. The summed E-state index contributed by atoms with van der Waals surface area (Å²) in [7, 11) is 0. The maximum atomic E-state index is 10.2. The smallest absolute Gasteiger partial charge is 0.178 e. The van der Waals surface area contributed by atoms with Crippen molar-refractivity contribution >= 4 is 11.1 Å². The lowest BCUT2D eigenvalue weighted by Gasteiger charge is -2.14. The normalized spacial score (nSPS) is 27.0. The van der Waals surface area contributed by atoms with Crippen LogP contribution in [0.4, 0.5) is 0 Å². The molecule has 0 radical (unpaired) electrons. The van der Waals surface area contributed by atoms with Gasteiger partial charge in [-0.1, -0.05) is 30.3 Å². The Kier molecular flexibility index (Phi) is 3.78. The third kappa shape index (κ3) is 2.38. The van der Waals surface area contributed by atoms with Crippen LogP contribution in [0.3, 0.4) is 0 Å². The molecule has 24 heavy (non-hydrogen) atoms. The summed E-state index contributed by atoms with van der Waals surface area (Å²) in [4.78, 5) is 8.87. The van der Waals surface area contributed by atoms with Crippen molar-refractivity contribution in [2.45, 2.75) is 24.4 Å². The Balaban J connectivity index is 1.83. The maximum absolute atomic E-state index is 10.2. The molecule has 1 aliphatic rings. The molecular weight excluding hydrogens is 312 g/mol. The van der Waals surface area contributed by atoms with Gasteiger partial charge >= 0.3 is 0 Å². The molecule has 0 spiro atoms. The minimum Gasteiger partial charge on any atom is -0.460 e. The molecule has 1 aliphatic heterocycles. The summed E-state index contributed by atoms with van der Waals surface area (Å²) in [6.45, 7) is -0.395. The molecule has 1 unspecified atom stereocenters. The molecule has 0 amide bonds. The molecule has 0 bridgehead atoms. The lowest BCUT2D eigenvalue weighted by Crippen LogP contribution is -2.32. The number of aromatic nitrogens is 2. The first-order valence-electron chi connectivity index (χ1n) is 7.62. The second kappa shape index (κ2) is 5.95. The van der Waals surface area contributed by atoms with Crippen LogP contribution in [-0.4, -0.2) is 50.2 Å². The Bertz CT molecular complexity index is 851. The van der Waals surface area contributed by atoms with Gasteiger partial charge in [0.1, 0.15) is 35.6 Å².